The summed E-state index contributed by atoms with van der Waals surface area (Å²) < 4.78 is 55.4. The van der Waals surface area contributed by atoms with E-state index in [0.717, 1.165) is 24.0 Å². The smallest absolute Gasteiger partial charge is 0.274 e. The standard InChI is InChI=1S/C31H26F2N4O4S/c1-36-16-23-21-12-19(17-42(2,40)41)8-10-25(21)37(26-11-9-20(32)13-24(26)33)29(22-15-34-28(27(22)23)31(36)39)30(38)35-14-18-6-4-3-5-7-18/h3-13,15-16,29,34H,14,17H2,1-2H3,(H,35,38). The van der Waals surface area contributed by atoms with E-state index in [0.29, 0.717) is 33.3 Å². The number of fused-ring (bicyclic) bond motifs is 2. The molecule has 0 radical (unpaired) electrons. The minimum Gasteiger partial charge on any atom is -0.356 e. The van der Waals surface area contributed by atoms with Crippen LogP contribution in [-0.4, -0.2) is 30.1 Å². The molecular formula is C31H26F2N4O4S. The van der Waals surface area contributed by atoms with Gasteiger partial charge in [0, 0.05) is 60.4 Å². The average Bonchev–Trinajstić information content (AvgIpc) is 3.33. The van der Waals surface area contributed by atoms with Crippen molar-refractivity contribution in [2.75, 3.05) is 11.2 Å². The lowest BCUT2D eigenvalue weighted by atomic mass is 9.98. The predicted molar refractivity (Wildman–Crippen MR) is 157 cm³/mol. The number of aryl methyl sites for hydroxylation is 1. The number of hydrogen-bond acceptors (Lipinski definition) is 5. The number of benzene rings is 3. The van der Waals surface area contributed by atoms with Crippen molar-refractivity contribution in [2.45, 2.75) is 18.3 Å². The molecule has 214 valence electrons. The Balaban J connectivity index is 1.64. The molecule has 5 aromatic rings. The van der Waals surface area contributed by atoms with Gasteiger partial charge < -0.3 is 19.8 Å². The molecule has 2 N–H and O–H groups in total. The molecule has 1 amide bonds. The molecule has 3 heterocycles. The summed E-state index contributed by atoms with van der Waals surface area (Å²) in [4.78, 5) is 31.8. The van der Waals surface area contributed by atoms with Gasteiger partial charge in [0.25, 0.3) is 5.56 Å². The largest absolute Gasteiger partial charge is 0.356 e. The van der Waals surface area contributed by atoms with Gasteiger partial charge in [-0.25, -0.2) is 17.2 Å². The van der Waals surface area contributed by atoms with E-state index >= 15 is 4.39 Å². The number of rotatable bonds is 6. The fourth-order valence-electron chi connectivity index (χ4n) is 5.58. The second-order valence-corrected chi connectivity index (χ2v) is 12.6. The number of nitrogens with one attached hydrogen (secondary N) is 2. The van der Waals surface area contributed by atoms with Crippen molar-refractivity contribution in [1.29, 1.82) is 0 Å². The van der Waals surface area contributed by atoms with Crippen LogP contribution in [0.25, 0.3) is 22.0 Å². The molecule has 42 heavy (non-hydrogen) atoms. The van der Waals surface area contributed by atoms with Crippen LogP contribution >= 0.6 is 0 Å². The van der Waals surface area contributed by atoms with Gasteiger partial charge in [0.1, 0.15) is 23.2 Å². The van der Waals surface area contributed by atoms with Crippen molar-refractivity contribution in [3.63, 3.8) is 0 Å². The van der Waals surface area contributed by atoms with E-state index in [-0.39, 0.29) is 29.1 Å². The first-order chi connectivity index (χ1) is 20.0. The molecule has 8 nitrogen and oxygen atoms in total. The van der Waals surface area contributed by atoms with Crippen molar-refractivity contribution < 1.29 is 22.0 Å². The Hall–Kier alpha value is -4.77. The molecular weight excluding hydrogens is 562 g/mol. The highest BCUT2D eigenvalue weighted by molar-refractivity contribution is 7.89. The third kappa shape index (κ3) is 4.85. The lowest BCUT2D eigenvalue weighted by molar-refractivity contribution is -0.122. The van der Waals surface area contributed by atoms with E-state index in [4.69, 9.17) is 0 Å². The summed E-state index contributed by atoms with van der Waals surface area (Å²) in [5.74, 6) is -2.41. The number of amides is 1. The Kier molecular flexibility index (Phi) is 6.69. The topological polar surface area (TPSA) is 104 Å². The second-order valence-electron chi connectivity index (χ2n) is 10.4. The first kappa shape index (κ1) is 27.4. The maximum absolute atomic E-state index is 15.6. The third-order valence-corrected chi connectivity index (χ3v) is 8.21. The van der Waals surface area contributed by atoms with Gasteiger partial charge >= 0.3 is 0 Å². The predicted octanol–water partition coefficient (Wildman–Crippen LogP) is 4.87. The summed E-state index contributed by atoms with van der Waals surface area (Å²) in [5, 5.41) is 3.40. The molecule has 6 rings (SSSR count). The summed E-state index contributed by atoms with van der Waals surface area (Å²) in [6.07, 6.45) is 4.30. The molecule has 1 aliphatic rings. The van der Waals surface area contributed by atoms with Crippen molar-refractivity contribution in [3.05, 3.63) is 118 Å². The van der Waals surface area contributed by atoms with Gasteiger partial charge in [0.15, 0.2) is 9.84 Å². The van der Waals surface area contributed by atoms with Gasteiger partial charge in [0.2, 0.25) is 5.91 Å². The molecule has 1 unspecified atom stereocenters. The van der Waals surface area contributed by atoms with Gasteiger partial charge in [-0.15, -0.1) is 0 Å². The third-order valence-electron chi connectivity index (χ3n) is 7.36. The van der Waals surface area contributed by atoms with Crippen molar-refractivity contribution in [1.82, 2.24) is 14.9 Å². The molecule has 0 bridgehead atoms. The van der Waals surface area contributed by atoms with E-state index in [1.165, 1.54) is 15.5 Å². The molecule has 1 aliphatic heterocycles. The van der Waals surface area contributed by atoms with Crippen LogP contribution in [0, 0.1) is 11.6 Å². The fraction of sp³-hybridized carbons (Fsp3) is 0.161. The van der Waals surface area contributed by atoms with Crippen molar-refractivity contribution in [3.8, 4) is 11.1 Å². The number of halogens is 2. The Labute approximate surface area is 240 Å². The zero-order valence-corrected chi connectivity index (χ0v) is 23.5. The van der Waals surface area contributed by atoms with E-state index in [1.54, 1.807) is 37.6 Å². The first-order valence-corrected chi connectivity index (χ1v) is 15.2. The summed E-state index contributed by atoms with van der Waals surface area (Å²) >= 11 is 0. The Morgan fingerprint density at radius 2 is 1.71 bits per heavy atom. The molecule has 0 saturated heterocycles. The highest BCUT2D eigenvalue weighted by atomic mass is 32.2. The summed E-state index contributed by atoms with van der Waals surface area (Å²) in [5.41, 5.74) is 2.99. The SMILES string of the molecule is Cn1cc2c3c(c[nH]c3c1=O)C(C(=O)NCc1ccccc1)N(c1ccc(F)cc1F)c1ccc(CS(C)(=O)=O)cc1-2. The van der Waals surface area contributed by atoms with E-state index in [2.05, 4.69) is 10.3 Å². The first-order valence-electron chi connectivity index (χ1n) is 13.1. The number of aromatic amines is 1. The number of hydrogen-bond donors (Lipinski definition) is 2. The Morgan fingerprint density at radius 3 is 2.43 bits per heavy atom. The zero-order chi connectivity index (χ0) is 29.8. The molecule has 0 aliphatic carbocycles. The number of sulfone groups is 1. The number of carbonyl (C=O) groups is 1. The summed E-state index contributed by atoms with van der Waals surface area (Å²) in [6, 6.07) is 16.1. The van der Waals surface area contributed by atoms with E-state index in [9.17, 15) is 22.4 Å². The minimum atomic E-state index is -3.41. The number of pyridine rings is 1. The van der Waals surface area contributed by atoms with Crippen LogP contribution in [0.2, 0.25) is 0 Å². The van der Waals surface area contributed by atoms with Gasteiger partial charge in [0.05, 0.1) is 17.1 Å². The normalized spacial score (nSPS) is 14.5. The summed E-state index contributed by atoms with van der Waals surface area (Å²) in [6.45, 7) is 0.188. The zero-order valence-electron chi connectivity index (χ0n) is 22.7. The maximum Gasteiger partial charge on any atom is 0.274 e. The number of carbonyl (C=O) groups excluding carboxylic acids is 1. The van der Waals surface area contributed by atoms with Crippen LogP contribution in [-0.2, 0) is 34.0 Å². The number of aromatic nitrogens is 2. The molecule has 3 aromatic carbocycles. The number of anilines is 2. The van der Waals surface area contributed by atoms with Crippen LogP contribution in [0.15, 0.2) is 83.9 Å². The van der Waals surface area contributed by atoms with Crippen LogP contribution in [0.4, 0.5) is 20.2 Å². The quantitative estimate of drug-likeness (QED) is 0.295. The highest BCUT2D eigenvalue weighted by Gasteiger charge is 2.38. The molecule has 1 atom stereocenters. The maximum atomic E-state index is 15.6. The Morgan fingerprint density at radius 1 is 0.976 bits per heavy atom. The fourth-order valence-corrected chi connectivity index (χ4v) is 6.36. The molecule has 11 heteroatoms. The van der Waals surface area contributed by atoms with E-state index < -0.39 is 33.4 Å². The van der Waals surface area contributed by atoms with Crippen LogP contribution in [0.3, 0.4) is 0 Å². The lowest BCUT2D eigenvalue weighted by Gasteiger charge is -2.33. The highest BCUT2D eigenvalue weighted by Crippen LogP contribution is 2.49. The van der Waals surface area contributed by atoms with Crippen molar-refractivity contribution >= 4 is 38.0 Å². The van der Waals surface area contributed by atoms with Gasteiger partial charge in [-0.05, 0) is 35.4 Å². The van der Waals surface area contributed by atoms with E-state index in [1.807, 2.05) is 30.3 Å². The van der Waals surface area contributed by atoms with Crippen molar-refractivity contribution in [2.24, 2.45) is 7.05 Å². The molecule has 0 spiro atoms. The van der Waals surface area contributed by atoms with Gasteiger partial charge in [-0.2, -0.15) is 0 Å². The molecule has 0 saturated carbocycles. The van der Waals surface area contributed by atoms with Crippen LogP contribution in [0.1, 0.15) is 22.7 Å². The molecule has 0 fully saturated rings. The Bertz CT molecular complexity index is 2040. The monoisotopic (exact) mass is 588 g/mol. The molecule has 2 aromatic heterocycles. The van der Waals surface area contributed by atoms with Gasteiger partial charge in [-0.3, -0.25) is 9.59 Å². The van der Waals surface area contributed by atoms with Crippen LogP contribution < -0.4 is 15.8 Å². The minimum absolute atomic E-state index is 0.0674. The average molecular weight is 589 g/mol. The van der Waals surface area contributed by atoms with Gasteiger partial charge in [-0.1, -0.05) is 36.4 Å². The lowest BCUT2D eigenvalue weighted by Crippen LogP contribution is -2.38. The van der Waals surface area contributed by atoms with Crippen LogP contribution in [0.5, 0.6) is 0 Å². The second kappa shape index (κ2) is 10.3. The summed E-state index contributed by atoms with van der Waals surface area (Å²) in [7, 11) is -1.82. The number of H-pyrrole nitrogens is 1. The number of nitrogens with zero attached hydrogens (tertiary/aromatic N) is 2.